The fraction of sp³-hybridized carbons (Fsp3) is 0.538. The number of hydrogen-bond acceptors (Lipinski definition) is 2. The average molecular weight is 240 g/mol. The van der Waals surface area contributed by atoms with Crippen molar-refractivity contribution < 1.29 is 4.74 Å². The van der Waals surface area contributed by atoms with Crippen LogP contribution < -0.4 is 4.74 Å². The summed E-state index contributed by atoms with van der Waals surface area (Å²) in [6.07, 6.45) is 3.72. The Hall–Kier alpha value is -0.730. The second-order valence-electron chi connectivity index (χ2n) is 4.15. The minimum atomic E-state index is 0.169. The van der Waals surface area contributed by atoms with E-state index in [1.807, 2.05) is 24.3 Å². The lowest BCUT2D eigenvalue weighted by atomic mass is 10.3. The Balaban J connectivity index is 2.03. The molecule has 1 atom stereocenters. The maximum Gasteiger partial charge on any atom is 0.152 e. The first kappa shape index (κ1) is 11.7. The molecule has 2 nitrogen and oxygen atoms in total. The van der Waals surface area contributed by atoms with E-state index in [1.54, 1.807) is 0 Å². The van der Waals surface area contributed by atoms with E-state index in [4.69, 9.17) is 16.3 Å². The van der Waals surface area contributed by atoms with Gasteiger partial charge in [-0.3, -0.25) is 4.90 Å². The molecule has 0 aliphatic carbocycles. The van der Waals surface area contributed by atoms with Gasteiger partial charge in [0, 0.05) is 13.1 Å². The Labute approximate surface area is 102 Å². The van der Waals surface area contributed by atoms with Crippen LogP contribution in [0.3, 0.4) is 0 Å². The highest BCUT2D eigenvalue weighted by atomic mass is 35.5. The highest BCUT2D eigenvalue weighted by Gasteiger charge is 2.22. The SMILES string of the molecule is CCC(Oc1ccccc1Cl)N1CCCC1. The highest BCUT2D eigenvalue weighted by molar-refractivity contribution is 6.32. The molecule has 0 N–H and O–H groups in total. The normalized spacial score (nSPS) is 18.6. The average Bonchev–Trinajstić information content (AvgIpc) is 2.81. The summed E-state index contributed by atoms with van der Waals surface area (Å²) in [5.74, 6) is 0.794. The number of nitrogens with zero attached hydrogens (tertiary/aromatic N) is 1. The molecule has 3 heteroatoms. The molecule has 1 aliphatic heterocycles. The molecule has 0 amide bonds. The first-order chi connectivity index (χ1) is 7.81. The molecule has 0 saturated carbocycles. The summed E-state index contributed by atoms with van der Waals surface area (Å²) >= 11 is 6.09. The molecule has 0 radical (unpaired) electrons. The lowest BCUT2D eigenvalue weighted by Crippen LogP contribution is -2.36. The molecule has 0 spiro atoms. The number of para-hydroxylation sites is 1. The van der Waals surface area contributed by atoms with Gasteiger partial charge in [0.1, 0.15) is 5.75 Å². The zero-order valence-electron chi connectivity index (χ0n) is 9.66. The molecular weight excluding hydrogens is 222 g/mol. The van der Waals surface area contributed by atoms with E-state index in [0.717, 1.165) is 25.3 Å². The lowest BCUT2D eigenvalue weighted by molar-refractivity contribution is 0.0403. The van der Waals surface area contributed by atoms with E-state index in [9.17, 15) is 0 Å². The van der Waals surface area contributed by atoms with Gasteiger partial charge in [0.05, 0.1) is 5.02 Å². The maximum atomic E-state index is 6.09. The van der Waals surface area contributed by atoms with Crippen LogP contribution in [0, 0.1) is 0 Å². The predicted octanol–water partition coefficient (Wildman–Crippen LogP) is 3.55. The summed E-state index contributed by atoms with van der Waals surface area (Å²) in [5, 5.41) is 0.695. The van der Waals surface area contributed by atoms with Crippen molar-refractivity contribution in [1.82, 2.24) is 4.90 Å². The van der Waals surface area contributed by atoms with Crippen LogP contribution in [0.1, 0.15) is 26.2 Å². The topological polar surface area (TPSA) is 12.5 Å². The predicted molar refractivity (Wildman–Crippen MR) is 67.0 cm³/mol. The van der Waals surface area contributed by atoms with Crippen molar-refractivity contribution in [3.05, 3.63) is 29.3 Å². The summed E-state index contributed by atoms with van der Waals surface area (Å²) in [6, 6.07) is 7.68. The van der Waals surface area contributed by atoms with E-state index in [-0.39, 0.29) is 6.23 Å². The second-order valence-corrected chi connectivity index (χ2v) is 4.56. The summed E-state index contributed by atoms with van der Waals surface area (Å²) in [6.45, 7) is 4.44. The van der Waals surface area contributed by atoms with Crippen LogP contribution in [0.15, 0.2) is 24.3 Å². The number of ether oxygens (including phenoxy) is 1. The van der Waals surface area contributed by atoms with Gasteiger partial charge in [-0.1, -0.05) is 30.7 Å². The number of rotatable bonds is 4. The summed E-state index contributed by atoms with van der Waals surface area (Å²) in [5.41, 5.74) is 0. The van der Waals surface area contributed by atoms with Gasteiger partial charge in [0.25, 0.3) is 0 Å². The number of hydrogen-bond donors (Lipinski definition) is 0. The third-order valence-corrected chi connectivity index (χ3v) is 3.31. The number of benzene rings is 1. The molecule has 1 aliphatic rings. The fourth-order valence-electron chi connectivity index (χ4n) is 2.13. The largest absolute Gasteiger partial charge is 0.474 e. The minimum absolute atomic E-state index is 0.169. The molecule has 1 unspecified atom stereocenters. The van der Waals surface area contributed by atoms with Crippen LogP contribution in [0.5, 0.6) is 5.75 Å². The second kappa shape index (κ2) is 5.55. The molecule has 0 bridgehead atoms. The molecule has 1 aromatic carbocycles. The molecule has 1 saturated heterocycles. The Morgan fingerprint density at radius 2 is 2.00 bits per heavy atom. The van der Waals surface area contributed by atoms with Crippen molar-refractivity contribution in [2.24, 2.45) is 0 Å². The minimum Gasteiger partial charge on any atom is -0.474 e. The zero-order chi connectivity index (χ0) is 11.4. The van der Waals surface area contributed by atoms with Gasteiger partial charge in [-0.25, -0.2) is 0 Å². The van der Waals surface area contributed by atoms with Crippen LogP contribution in [-0.4, -0.2) is 24.2 Å². The molecule has 88 valence electrons. The first-order valence-electron chi connectivity index (χ1n) is 5.96. The Morgan fingerprint density at radius 1 is 1.31 bits per heavy atom. The van der Waals surface area contributed by atoms with Crippen molar-refractivity contribution in [3.8, 4) is 5.75 Å². The van der Waals surface area contributed by atoms with Crippen molar-refractivity contribution in [3.63, 3.8) is 0 Å². The smallest absolute Gasteiger partial charge is 0.152 e. The third-order valence-electron chi connectivity index (χ3n) is 3.00. The fourth-order valence-corrected chi connectivity index (χ4v) is 2.31. The van der Waals surface area contributed by atoms with E-state index in [0.29, 0.717) is 5.02 Å². The Bertz CT molecular complexity index is 336. The van der Waals surface area contributed by atoms with Crippen molar-refractivity contribution in [2.45, 2.75) is 32.4 Å². The van der Waals surface area contributed by atoms with Crippen LogP contribution in [0.25, 0.3) is 0 Å². The van der Waals surface area contributed by atoms with Gasteiger partial charge in [-0.2, -0.15) is 0 Å². The molecule has 0 aromatic heterocycles. The summed E-state index contributed by atoms with van der Waals surface area (Å²) in [7, 11) is 0. The standard InChI is InChI=1S/C13H18ClNO/c1-2-13(15-9-5-6-10-15)16-12-8-4-3-7-11(12)14/h3-4,7-8,13H,2,5-6,9-10H2,1H3. The van der Waals surface area contributed by atoms with Crippen molar-refractivity contribution in [1.29, 1.82) is 0 Å². The third kappa shape index (κ3) is 2.69. The molecule has 2 rings (SSSR count). The summed E-state index contributed by atoms with van der Waals surface area (Å²) in [4.78, 5) is 2.39. The van der Waals surface area contributed by atoms with Crippen molar-refractivity contribution >= 4 is 11.6 Å². The van der Waals surface area contributed by atoms with E-state index >= 15 is 0 Å². The van der Waals surface area contributed by atoms with Crippen molar-refractivity contribution in [2.75, 3.05) is 13.1 Å². The van der Waals surface area contributed by atoms with Gasteiger partial charge >= 0.3 is 0 Å². The number of likely N-dealkylation sites (tertiary alicyclic amines) is 1. The molecule has 1 aromatic rings. The Kier molecular flexibility index (Phi) is 4.08. The van der Waals surface area contributed by atoms with E-state index < -0.39 is 0 Å². The molecular formula is C13H18ClNO. The van der Waals surface area contributed by atoms with Gasteiger partial charge < -0.3 is 4.74 Å². The zero-order valence-corrected chi connectivity index (χ0v) is 10.4. The Morgan fingerprint density at radius 3 is 2.62 bits per heavy atom. The van der Waals surface area contributed by atoms with Gasteiger partial charge in [0.2, 0.25) is 0 Å². The van der Waals surface area contributed by atoms with Crippen LogP contribution in [-0.2, 0) is 0 Å². The monoisotopic (exact) mass is 239 g/mol. The number of halogens is 1. The first-order valence-corrected chi connectivity index (χ1v) is 6.34. The van der Waals surface area contributed by atoms with Gasteiger partial charge in [-0.15, -0.1) is 0 Å². The van der Waals surface area contributed by atoms with Crippen LogP contribution >= 0.6 is 11.6 Å². The van der Waals surface area contributed by atoms with Gasteiger partial charge in [0.15, 0.2) is 6.23 Å². The quantitative estimate of drug-likeness (QED) is 0.797. The highest BCUT2D eigenvalue weighted by Crippen LogP contribution is 2.26. The van der Waals surface area contributed by atoms with Crippen LogP contribution in [0.2, 0.25) is 5.02 Å². The molecule has 16 heavy (non-hydrogen) atoms. The lowest BCUT2D eigenvalue weighted by Gasteiger charge is -2.27. The van der Waals surface area contributed by atoms with Gasteiger partial charge in [-0.05, 0) is 31.4 Å². The van der Waals surface area contributed by atoms with E-state index in [1.165, 1.54) is 12.8 Å². The molecule has 1 fully saturated rings. The maximum absolute atomic E-state index is 6.09. The van der Waals surface area contributed by atoms with E-state index in [2.05, 4.69) is 11.8 Å². The molecule has 1 heterocycles. The van der Waals surface area contributed by atoms with Crippen LogP contribution in [0.4, 0.5) is 0 Å². The summed E-state index contributed by atoms with van der Waals surface area (Å²) < 4.78 is 5.97.